The lowest BCUT2D eigenvalue weighted by atomic mass is 9.93. The van der Waals surface area contributed by atoms with Gasteiger partial charge in [-0.2, -0.15) is 0 Å². The molecule has 104 valence electrons. The number of carboxylic acids is 1. The average Bonchev–Trinajstić information content (AvgIpc) is 2.78. The quantitative estimate of drug-likeness (QED) is 0.874. The zero-order chi connectivity index (χ0) is 14.3. The maximum atomic E-state index is 11.9. The van der Waals surface area contributed by atoms with Gasteiger partial charge in [-0.05, 0) is 45.1 Å². The van der Waals surface area contributed by atoms with Crippen molar-refractivity contribution in [1.29, 1.82) is 0 Å². The molecular weight excluding hydrogens is 266 g/mol. The highest BCUT2D eigenvalue weighted by atomic mass is 32.1. The Labute approximate surface area is 115 Å². The van der Waals surface area contributed by atoms with Crippen molar-refractivity contribution in [3.8, 4) is 0 Å². The number of nitrogens with one attached hydrogen (secondary N) is 1. The van der Waals surface area contributed by atoms with Crippen LogP contribution in [0.2, 0.25) is 0 Å². The van der Waals surface area contributed by atoms with Crippen molar-refractivity contribution in [2.45, 2.75) is 44.8 Å². The molecule has 0 saturated carbocycles. The maximum Gasteiger partial charge on any atom is 0.408 e. The highest BCUT2D eigenvalue weighted by molar-refractivity contribution is 7.10. The Balaban J connectivity index is 2.24. The molecule has 1 heterocycles. The number of ether oxygens (including phenoxy) is 1. The number of thiophene rings is 1. The number of carbonyl (C=O) groups is 2. The van der Waals surface area contributed by atoms with E-state index in [9.17, 15) is 14.7 Å². The molecule has 0 aliphatic heterocycles. The Bertz CT molecular complexity index is 517. The zero-order valence-corrected chi connectivity index (χ0v) is 12.0. The van der Waals surface area contributed by atoms with Gasteiger partial charge in [0.25, 0.3) is 0 Å². The summed E-state index contributed by atoms with van der Waals surface area (Å²) >= 11 is 1.52. The monoisotopic (exact) mass is 283 g/mol. The Morgan fingerprint density at radius 1 is 1.47 bits per heavy atom. The number of hydrogen-bond donors (Lipinski definition) is 2. The highest BCUT2D eigenvalue weighted by Crippen LogP contribution is 2.40. The van der Waals surface area contributed by atoms with E-state index in [1.165, 1.54) is 11.3 Å². The lowest BCUT2D eigenvalue weighted by Gasteiger charge is -2.28. The van der Waals surface area contributed by atoms with Crippen LogP contribution >= 0.6 is 11.3 Å². The van der Waals surface area contributed by atoms with Gasteiger partial charge < -0.3 is 15.2 Å². The molecule has 0 fully saturated rings. The third-order valence-electron chi connectivity index (χ3n) is 3.01. The van der Waals surface area contributed by atoms with Crippen LogP contribution < -0.4 is 5.32 Å². The van der Waals surface area contributed by atoms with Crippen molar-refractivity contribution < 1.29 is 19.4 Å². The number of rotatable bonds is 2. The van der Waals surface area contributed by atoms with Gasteiger partial charge in [0.2, 0.25) is 0 Å². The summed E-state index contributed by atoms with van der Waals surface area (Å²) in [6, 6.07) is 1.76. The van der Waals surface area contributed by atoms with Crippen LogP contribution in [0.4, 0.5) is 4.79 Å². The lowest BCUT2D eigenvalue weighted by molar-refractivity contribution is -0.145. The molecule has 19 heavy (non-hydrogen) atoms. The summed E-state index contributed by atoms with van der Waals surface area (Å²) < 4.78 is 5.16. The van der Waals surface area contributed by atoms with Crippen molar-refractivity contribution >= 4 is 23.4 Å². The first-order chi connectivity index (χ1) is 8.74. The number of fused-ring (bicyclic) bond motifs is 1. The van der Waals surface area contributed by atoms with Crippen LogP contribution in [-0.4, -0.2) is 22.8 Å². The Morgan fingerprint density at radius 3 is 2.74 bits per heavy atom. The molecule has 5 nitrogen and oxygen atoms in total. The van der Waals surface area contributed by atoms with E-state index in [1.807, 2.05) is 5.38 Å². The average molecular weight is 283 g/mol. The minimum Gasteiger partial charge on any atom is -0.479 e. The molecule has 2 N–H and O–H groups in total. The summed E-state index contributed by atoms with van der Waals surface area (Å²) in [5.41, 5.74) is -1.33. The van der Waals surface area contributed by atoms with Crippen LogP contribution in [0.15, 0.2) is 11.4 Å². The molecule has 0 radical (unpaired) electrons. The van der Waals surface area contributed by atoms with Crippen LogP contribution in [0, 0.1) is 0 Å². The van der Waals surface area contributed by atoms with E-state index in [0.29, 0.717) is 18.4 Å². The van der Waals surface area contributed by atoms with Crippen LogP contribution in [-0.2, 0) is 21.5 Å². The standard InChI is InChI=1S/C13H17NO4S/c1-12(2,3)18-11(17)14-13(10(15)16)6-4-9-8(13)5-7-19-9/h5,7H,4,6H2,1-3H3,(H,14,17)(H,15,16). The molecule has 1 aromatic heterocycles. The van der Waals surface area contributed by atoms with Gasteiger partial charge in [-0.1, -0.05) is 0 Å². The number of aryl methyl sites for hydroxylation is 1. The summed E-state index contributed by atoms with van der Waals surface area (Å²) in [7, 11) is 0. The molecular formula is C13H17NO4S. The minimum absolute atomic E-state index is 0.365. The predicted molar refractivity (Wildman–Crippen MR) is 71.3 cm³/mol. The molecule has 6 heteroatoms. The van der Waals surface area contributed by atoms with Gasteiger partial charge in [-0.15, -0.1) is 11.3 Å². The van der Waals surface area contributed by atoms with E-state index in [-0.39, 0.29) is 0 Å². The maximum absolute atomic E-state index is 11.9. The molecule has 1 aromatic rings. The lowest BCUT2D eigenvalue weighted by Crippen LogP contribution is -2.51. The van der Waals surface area contributed by atoms with Crippen molar-refractivity contribution in [2.75, 3.05) is 0 Å². The topological polar surface area (TPSA) is 75.6 Å². The van der Waals surface area contributed by atoms with E-state index >= 15 is 0 Å². The molecule has 0 bridgehead atoms. The number of carboxylic acid groups (broad SMARTS) is 1. The normalized spacial score (nSPS) is 21.8. The fraction of sp³-hybridized carbons (Fsp3) is 0.538. The second-order valence-electron chi connectivity index (χ2n) is 5.59. The Kier molecular flexibility index (Phi) is 3.30. The molecule has 0 aromatic carbocycles. The smallest absolute Gasteiger partial charge is 0.408 e. The van der Waals surface area contributed by atoms with Gasteiger partial charge in [0.15, 0.2) is 5.54 Å². The van der Waals surface area contributed by atoms with Gasteiger partial charge in [-0.25, -0.2) is 9.59 Å². The fourth-order valence-electron chi connectivity index (χ4n) is 2.23. The molecule has 1 aliphatic rings. The Hall–Kier alpha value is -1.56. The summed E-state index contributed by atoms with van der Waals surface area (Å²) in [6.07, 6.45) is 0.326. The van der Waals surface area contributed by atoms with E-state index < -0.39 is 23.2 Å². The molecule has 1 aliphatic carbocycles. The van der Waals surface area contributed by atoms with Crippen molar-refractivity contribution in [1.82, 2.24) is 5.32 Å². The third-order valence-corrected chi connectivity index (χ3v) is 3.99. The van der Waals surface area contributed by atoms with Crippen LogP contribution in [0.25, 0.3) is 0 Å². The van der Waals surface area contributed by atoms with Crippen LogP contribution in [0.3, 0.4) is 0 Å². The molecule has 0 saturated heterocycles. The van der Waals surface area contributed by atoms with Crippen molar-refractivity contribution in [2.24, 2.45) is 0 Å². The second kappa shape index (κ2) is 4.52. The van der Waals surface area contributed by atoms with Gasteiger partial charge >= 0.3 is 12.1 Å². The van der Waals surface area contributed by atoms with E-state index in [4.69, 9.17) is 4.74 Å². The van der Waals surface area contributed by atoms with Crippen LogP contribution in [0.5, 0.6) is 0 Å². The molecule has 1 atom stereocenters. The predicted octanol–water partition coefficient (Wildman–Crippen LogP) is 2.50. The SMILES string of the molecule is CC(C)(C)OC(=O)NC1(C(=O)O)CCc2sccc21. The first kappa shape index (κ1) is 13.9. The summed E-state index contributed by atoms with van der Waals surface area (Å²) in [5, 5.41) is 13.9. The summed E-state index contributed by atoms with van der Waals surface area (Å²) in [6.45, 7) is 5.22. The first-order valence-corrected chi connectivity index (χ1v) is 6.94. The third kappa shape index (κ3) is 2.58. The first-order valence-electron chi connectivity index (χ1n) is 6.06. The van der Waals surface area contributed by atoms with Crippen LogP contribution in [0.1, 0.15) is 37.6 Å². The van der Waals surface area contributed by atoms with Gasteiger partial charge in [0.05, 0.1) is 0 Å². The number of hydrogen-bond acceptors (Lipinski definition) is 4. The van der Waals surface area contributed by atoms with Gasteiger partial charge in [0, 0.05) is 10.4 Å². The highest BCUT2D eigenvalue weighted by Gasteiger charge is 2.48. The number of carbonyl (C=O) groups excluding carboxylic acids is 1. The number of alkyl carbamates (subject to hydrolysis) is 1. The minimum atomic E-state index is -1.35. The van der Waals surface area contributed by atoms with Crippen molar-refractivity contribution in [3.63, 3.8) is 0 Å². The molecule has 2 rings (SSSR count). The summed E-state index contributed by atoms with van der Waals surface area (Å²) in [4.78, 5) is 24.5. The second-order valence-corrected chi connectivity index (χ2v) is 6.60. The zero-order valence-electron chi connectivity index (χ0n) is 11.1. The molecule has 1 unspecified atom stereocenters. The Morgan fingerprint density at radius 2 is 2.16 bits per heavy atom. The van der Waals surface area contributed by atoms with Gasteiger partial charge in [0.1, 0.15) is 5.60 Å². The van der Waals surface area contributed by atoms with Gasteiger partial charge in [-0.3, -0.25) is 0 Å². The van der Waals surface area contributed by atoms with E-state index in [1.54, 1.807) is 26.8 Å². The molecule has 1 amide bonds. The summed E-state index contributed by atoms with van der Waals surface area (Å²) in [5.74, 6) is -1.05. The number of amides is 1. The van der Waals surface area contributed by atoms with E-state index in [2.05, 4.69) is 5.32 Å². The largest absolute Gasteiger partial charge is 0.479 e. The number of aliphatic carboxylic acids is 1. The van der Waals surface area contributed by atoms with E-state index in [0.717, 1.165) is 4.88 Å². The van der Waals surface area contributed by atoms with Crippen molar-refractivity contribution in [3.05, 3.63) is 21.9 Å². The fourth-order valence-corrected chi connectivity index (χ4v) is 3.19. The molecule has 0 spiro atoms.